The number of carbonyl (C=O) groups is 1. The minimum Gasteiger partial charge on any atom is -0.378 e. The molecule has 7 heteroatoms. The third kappa shape index (κ3) is 2.95. The van der Waals surface area contributed by atoms with Gasteiger partial charge in [0.2, 0.25) is 5.91 Å². The molecule has 0 aliphatic carbocycles. The zero-order valence-corrected chi connectivity index (χ0v) is 12.5. The van der Waals surface area contributed by atoms with E-state index in [1.165, 1.54) is 0 Å². The Morgan fingerprint density at radius 1 is 1.52 bits per heavy atom. The Bertz CT molecular complexity index is 512. The molecule has 1 N–H and O–H groups in total. The van der Waals surface area contributed by atoms with E-state index in [9.17, 15) is 4.79 Å². The van der Waals surface area contributed by atoms with Crippen molar-refractivity contribution >= 4 is 5.91 Å². The van der Waals surface area contributed by atoms with Gasteiger partial charge in [-0.1, -0.05) is 0 Å². The Labute approximate surface area is 124 Å². The average molecular weight is 294 g/mol. The highest BCUT2D eigenvalue weighted by Crippen LogP contribution is 2.29. The van der Waals surface area contributed by atoms with Crippen molar-refractivity contribution in [2.45, 2.75) is 18.6 Å². The number of hydrogen-bond acceptors (Lipinski definition) is 5. The maximum atomic E-state index is 12.6. The van der Waals surface area contributed by atoms with E-state index in [1.54, 1.807) is 10.9 Å². The van der Waals surface area contributed by atoms with Crippen LogP contribution in [0.5, 0.6) is 0 Å². The lowest BCUT2D eigenvalue weighted by Gasteiger charge is -2.41. The average Bonchev–Trinajstić information content (AvgIpc) is 2.95. The lowest BCUT2D eigenvalue weighted by Crippen LogP contribution is -2.58. The van der Waals surface area contributed by atoms with Crippen LogP contribution in [0.3, 0.4) is 0 Å². The predicted molar refractivity (Wildman–Crippen MR) is 75.7 cm³/mol. The fourth-order valence-corrected chi connectivity index (χ4v) is 2.87. The third-order valence-corrected chi connectivity index (χ3v) is 4.12. The summed E-state index contributed by atoms with van der Waals surface area (Å²) in [4.78, 5) is 14.4. The Hall–Kier alpha value is -1.44. The van der Waals surface area contributed by atoms with Crippen LogP contribution in [0.15, 0.2) is 12.4 Å². The highest BCUT2D eigenvalue weighted by atomic mass is 16.5. The number of ether oxygens (including phenoxy) is 2. The highest BCUT2D eigenvalue weighted by molar-refractivity contribution is 5.82. The third-order valence-electron chi connectivity index (χ3n) is 4.12. The van der Waals surface area contributed by atoms with E-state index >= 15 is 0 Å². The van der Waals surface area contributed by atoms with Crippen molar-refractivity contribution in [1.82, 2.24) is 20.0 Å². The van der Waals surface area contributed by atoms with Gasteiger partial charge >= 0.3 is 0 Å². The zero-order valence-electron chi connectivity index (χ0n) is 12.5. The van der Waals surface area contributed by atoms with Crippen LogP contribution in [0.2, 0.25) is 0 Å². The molecule has 2 aliphatic rings. The Morgan fingerprint density at radius 3 is 3.05 bits per heavy atom. The van der Waals surface area contributed by atoms with E-state index in [0.717, 1.165) is 12.1 Å². The molecule has 21 heavy (non-hydrogen) atoms. The summed E-state index contributed by atoms with van der Waals surface area (Å²) in [7, 11) is 1.88. The lowest BCUT2D eigenvalue weighted by molar-refractivity contribution is -0.154. The van der Waals surface area contributed by atoms with E-state index in [0.29, 0.717) is 32.9 Å². The number of nitrogens with zero attached hydrogens (tertiary/aromatic N) is 3. The van der Waals surface area contributed by atoms with Crippen LogP contribution in [0.1, 0.15) is 12.5 Å². The van der Waals surface area contributed by atoms with Crippen LogP contribution in [-0.2, 0) is 26.9 Å². The summed E-state index contributed by atoms with van der Waals surface area (Å²) < 4.78 is 13.1. The van der Waals surface area contributed by atoms with Crippen LogP contribution in [0, 0.1) is 0 Å². The molecule has 3 heterocycles. The van der Waals surface area contributed by atoms with Crippen molar-refractivity contribution in [3.63, 3.8) is 0 Å². The molecule has 0 spiro atoms. The fourth-order valence-electron chi connectivity index (χ4n) is 2.87. The molecule has 7 nitrogen and oxygen atoms in total. The molecule has 2 atom stereocenters. The Kier molecular flexibility index (Phi) is 3.97. The second-order valence-corrected chi connectivity index (χ2v) is 5.82. The van der Waals surface area contributed by atoms with Gasteiger partial charge < -0.3 is 19.7 Å². The SMILES string of the molecule is Cn1cc([C@@]2(C)CN(C(=O)[C@H]3COCCN3)CCO2)cn1. The Morgan fingerprint density at radius 2 is 2.38 bits per heavy atom. The number of aromatic nitrogens is 2. The number of carbonyl (C=O) groups excluding carboxylic acids is 1. The van der Waals surface area contributed by atoms with Gasteiger partial charge in [-0.05, 0) is 6.92 Å². The molecule has 1 aromatic heterocycles. The normalized spacial score (nSPS) is 30.4. The number of nitrogens with one attached hydrogen (secondary N) is 1. The molecule has 2 saturated heterocycles. The van der Waals surface area contributed by atoms with E-state index in [2.05, 4.69) is 10.4 Å². The standard InChI is InChI=1S/C14H22N4O3/c1-14(11-7-16-17(2)8-11)10-18(4-6-21-14)13(19)12-9-20-5-3-15-12/h7-8,12,15H,3-6,9-10H2,1-2H3/t12-,14-/m1/s1. The van der Waals surface area contributed by atoms with Crippen LogP contribution < -0.4 is 5.32 Å². The molecule has 3 rings (SSSR count). The molecule has 0 aromatic carbocycles. The van der Waals surface area contributed by atoms with Gasteiger partial charge in [0.05, 0.1) is 32.6 Å². The number of aryl methyl sites for hydroxylation is 1. The lowest BCUT2D eigenvalue weighted by atomic mass is 9.96. The van der Waals surface area contributed by atoms with E-state index < -0.39 is 5.60 Å². The molecule has 2 fully saturated rings. The van der Waals surface area contributed by atoms with Crippen molar-refractivity contribution in [3.8, 4) is 0 Å². The number of amides is 1. The number of morpholine rings is 2. The molecule has 1 aromatic rings. The topological polar surface area (TPSA) is 68.6 Å². The van der Waals surface area contributed by atoms with Crippen LogP contribution in [0.25, 0.3) is 0 Å². The maximum Gasteiger partial charge on any atom is 0.242 e. The van der Waals surface area contributed by atoms with E-state index in [4.69, 9.17) is 9.47 Å². The summed E-state index contributed by atoms with van der Waals surface area (Å²) in [6.45, 7) is 5.53. The van der Waals surface area contributed by atoms with Crippen molar-refractivity contribution in [1.29, 1.82) is 0 Å². The van der Waals surface area contributed by atoms with Crippen molar-refractivity contribution < 1.29 is 14.3 Å². The summed E-state index contributed by atoms with van der Waals surface area (Å²) in [5, 5.41) is 7.41. The quantitative estimate of drug-likeness (QED) is 0.795. The van der Waals surface area contributed by atoms with Gasteiger partial charge in [0.15, 0.2) is 0 Å². The molecule has 2 aliphatic heterocycles. The first-order valence-corrected chi connectivity index (χ1v) is 7.31. The number of hydrogen-bond donors (Lipinski definition) is 1. The summed E-state index contributed by atoms with van der Waals surface area (Å²) >= 11 is 0. The summed E-state index contributed by atoms with van der Waals surface area (Å²) in [6.07, 6.45) is 3.74. The van der Waals surface area contributed by atoms with Gasteiger partial charge in [0.1, 0.15) is 11.6 Å². The molecular weight excluding hydrogens is 272 g/mol. The number of rotatable bonds is 2. The van der Waals surface area contributed by atoms with Crippen molar-refractivity contribution in [3.05, 3.63) is 18.0 Å². The minimum absolute atomic E-state index is 0.0908. The molecular formula is C14H22N4O3. The van der Waals surface area contributed by atoms with Crippen molar-refractivity contribution in [2.75, 3.05) is 39.5 Å². The Balaban J connectivity index is 1.71. The first-order valence-electron chi connectivity index (χ1n) is 7.31. The van der Waals surface area contributed by atoms with Crippen LogP contribution in [-0.4, -0.2) is 66.1 Å². The molecule has 1 amide bonds. The van der Waals surface area contributed by atoms with Crippen LogP contribution in [0.4, 0.5) is 0 Å². The molecule has 0 unspecified atom stereocenters. The fraction of sp³-hybridized carbons (Fsp3) is 0.714. The monoisotopic (exact) mass is 294 g/mol. The van der Waals surface area contributed by atoms with Gasteiger partial charge in [-0.25, -0.2) is 0 Å². The molecule has 0 saturated carbocycles. The summed E-state index contributed by atoms with van der Waals surface area (Å²) in [6, 6.07) is -0.241. The molecule has 0 bridgehead atoms. The summed E-state index contributed by atoms with van der Waals surface area (Å²) in [5.41, 5.74) is 0.493. The summed E-state index contributed by atoms with van der Waals surface area (Å²) in [5.74, 6) is 0.0908. The van der Waals surface area contributed by atoms with Gasteiger partial charge in [0, 0.05) is 31.9 Å². The first-order chi connectivity index (χ1) is 10.1. The minimum atomic E-state index is -0.502. The molecule has 0 radical (unpaired) electrons. The second-order valence-electron chi connectivity index (χ2n) is 5.82. The second kappa shape index (κ2) is 5.75. The highest BCUT2D eigenvalue weighted by Gasteiger charge is 2.38. The smallest absolute Gasteiger partial charge is 0.242 e. The predicted octanol–water partition coefficient (Wildman–Crippen LogP) is -0.517. The van der Waals surface area contributed by atoms with E-state index in [1.807, 2.05) is 25.1 Å². The van der Waals surface area contributed by atoms with Crippen molar-refractivity contribution in [2.24, 2.45) is 7.05 Å². The van der Waals surface area contributed by atoms with Crippen LogP contribution >= 0.6 is 0 Å². The van der Waals surface area contributed by atoms with Gasteiger partial charge in [-0.15, -0.1) is 0 Å². The maximum absolute atomic E-state index is 12.6. The van der Waals surface area contributed by atoms with Gasteiger partial charge in [-0.2, -0.15) is 5.10 Å². The largest absolute Gasteiger partial charge is 0.378 e. The zero-order chi connectivity index (χ0) is 14.9. The van der Waals surface area contributed by atoms with E-state index in [-0.39, 0.29) is 11.9 Å². The first kappa shape index (κ1) is 14.5. The van der Waals surface area contributed by atoms with Gasteiger partial charge in [0.25, 0.3) is 0 Å². The molecule has 116 valence electrons. The van der Waals surface area contributed by atoms with Gasteiger partial charge in [-0.3, -0.25) is 9.48 Å².